The van der Waals surface area contributed by atoms with Crippen LogP contribution in [0.3, 0.4) is 0 Å². The van der Waals surface area contributed by atoms with Crippen LogP contribution in [0.1, 0.15) is 64.0 Å². The molecule has 0 fully saturated rings. The van der Waals surface area contributed by atoms with E-state index in [2.05, 4.69) is 6.92 Å². The maximum absolute atomic E-state index is 5.98. The number of halogens is 1. The van der Waals surface area contributed by atoms with Crippen LogP contribution < -0.4 is 10.5 Å². The van der Waals surface area contributed by atoms with Crippen LogP contribution >= 0.6 is 11.6 Å². The second-order valence-corrected chi connectivity index (χ2v) is 5.52. The quantitative estimate of drug-likeness (QED) is 0.640. The summed E-state index contributed by atoms with van der Waals surface area (Å²) in [6, 6.07) is 5.60. The van der Waals surface area contributed by atoms with Crippen molar-refractivity contribution >= 4 is 11.6 Å². The van der Waals surface area contributed by atoms with Crippen molar-refractivity contribution in [1.29, 1.82) is 0 Å². The Bertz CT molecular complexity index is 366. The van der Waals surface area contributed by atoms with Crippen LogP contribution in [0.15, 0.2) is 18.2 Å². The summed E-state index contributed by atoms with van der Waals surface area (Å²) in [6.07, 6.45) is 7.61. The van der Waals surface area contributed by atoms with Gasteiger partial charge in [-0.3, -0.25) is 0 Å². The van der Waals surface area contributed by atoms with E-state index in [1.807, 2.05) is 25.1 Å². The van der Waals surface area contributed by atoms with Gasteiger partial charge >= 0.3 is 0 Å². The molecule has 1 rings (SSSR count). The van der Waals surface area contributed by atoms with E-state index < -0.39 is 0 Å². The molecule has 19 heavy (non-hydrogen) atoms. The average molecular weight is 284 g/mol. The summed E-state index contributed by atoms with van der Waals surface area (Å²) >= 11 is 5.98. The van der Waals surface area contributed by atoms with Gasteiger partial charge in [-0.25, -0.2) is 0 Å². The maximum atomic E-state index is 5.98. The van der Waals surface area contributed by atoms with Crippen molar-refractivity contribution in [2.24, 2.45) is 5.73 Å². The van der Waals surface area contributed by atoms with Gasteiger partial charge in [0.15, 0.2) is 0 Å². The summed E-state index contributed by atoms with van der Waals surface area (Å²) < 4.78 is 5.82. The first-order chi connectivity index (χ1) is 9.15. The molecule has 0 unspecified atom stereocenters. The van der Waals surface area contributed by atoms with Crippen LogP contribution in [0, 0.1) is 0 Å². The van der Waals surface area contributed by atoms with E-state index in [1.165, 1.54) is 32.1 Å². The van der Waals surface area contributed by atoms with E-state index in [-0.39, 0.29) is 6.04 Å². The Kier molecular flexibility index (Phi) is 7.92. The Morgan fingerprint density at radius 2 is 1.84 bits per heavy atom. The number of hydrogen-bond donors (Lipinski definition) is 1. The molecule has 0 saturated carbocycles. The highest BCUT2D eigenvalue weighted by Gasteiger charge is 2.08. The summed E-state index contributed by atoms with van der Waals surface area (Å²) in [5, 5.41) is 0.708. The zero-order valence-electron chi connectivity index (χ0n) is 12.1. The predicted octanol–water partition coefficient (Wildman–Crippen LogP) is 5.10. The molecular weight excluding hydrogens is 258 g/mol. The molecule has 0 saturated heterocycles. The van der Waals surface area contributed by atoms with Crippen molar-refractivity contribution in [3.63, 3.8) is 0 Å². The molecular formula is C16H26ClNO. The number of benzene rings is 1. The Balaban J connectivity index is 2.33. The molecule has 2 N–H and O–H groups in total. The van der Waals surface area contributed by atoms with Crippen molar-refractivity contribution in [3.8, 4) is 5.75 Å². The average Bonchev–Trinajstić information content (AvgIpc) is 2.39. The fourth-order valence-corrected chi connectivity index (χ4v) is 2.25. The molecule has 2 nitrogen and oxygen atoms in total. The Morgan fingerprint density at radius 3 is 2.53 bits per heavy atom. The molecule has 0 amide bonds. The Morgan fingerprint density at radius 1 is 1.16 bits per heavy atom. The summed E-state index contributed by atoms with van der Waals surface area (Å²) in [5.74, 6) is 0.868. The standard InChI is InChI=1S/C16H26ClNO/c1-3-4-5-6-7-8-11-19-16-10-9-14(17)12-15(16)13(2)18/h9-10,12-13H,3-8,11,18H2,1-2H3/t13-/m1/s1. The highest BCUT2D eigenvalue weighted by atomic mass is 35.5. The topological polar surface area (TPSA) is 35.2 Å². The molecule has 0 aliphatic rings. The molecule has 0 aliphatic heterocycles. The van der Waals surface area contributed by atoms with E-state index >= 15 is 0 Å². The van der Waals surface area contributed by atoms with Gasteiger partial charge in [-0.15, -0.1) is 0 Å². The van der Waals surface area contributed by atoms with Gasteiger partial charge in [0, 0.05) is 16.6 Å². The third-order valence-corrected chi connectivity index (χ3v) is 3.45. The lowest BCUT2D eigenvalue weighted by molar-refractivity contribution is 0.300. The third kappa shape index (κ3) is 6.31. The van der Waals surface area contributed by atoms with Gasteiger partial charge in [-0.05, 0) is 31.5 Å². The largest absolute Gasteiger partial charge is 0.493 e. The monoisotopic (exact) mass is 283 g/mol. The number of nitrogens with two attached hydrogens (primary N) is 1. The molecule has 0 aliphatic carbocycles. The molecule has 0 bridgehead atoms. The van der Waals surface area contributed by atoms with Crippen LogP contribution in [-0.4, -0.2) is 6.61 Å². The minimum Gasteiger partial charge on any atom is -0.493 e. The first kappa shape index (κ1) is 16.3. The lowest BCUT2D eigenvalue weighted by Crippen LogP contribution is -2.08. The zero-order chi connectivity index (χ0) is 14.1. The normalized spacial score (nSPS) is 12.4. The molecule has 1 atom stereocenters. The van der Waals surface area contributed by atoms with Gasteiger partial charge < -0.3 is 10.5 Å². The van der Waals surface area contributed by atoms with Crippen LogP contribution in [-0.2, 0) is 0 Å². The van der Waals surface area contributed by atoms with Gasteiger partial charge in [0.2, 0.25) is 0 Å². The van der Waals surface area contributed by atoms with Crippen molar-refractivity contribution in [1.82, 2.24) is 0 Å². The van der Waals surface area contributed by atoms with Crippen molar-refractivity contribution in [2.45, 2.75) is 58.4 Å². The molecule has 0 spiro atoms. The fourth-order valence-electron chi connectivity index (χ4n) is 2.07. The number of unbranched alkanes of at least 4 members (excludes halogenated alkanes) is 5. The van der Waals surface area contributed by atoms with E-state index in [0.29, 0.717) is 5.02 Å². The minimum absolute atomic E-state index is 0.0572. The van der Waals surface area contributed by atoms with E-state index in [1.54, 1.807) is 0 Å². The smallest absolute Gasteiger partial charge is 0.124 e. The zero-order valence-corrected chi connectivity index (χ0v) is 12.9. The SMILES string of the molecule is CCCCCCCCOc1ccc(Cl)cc1[C@@H](C)N. The molecule has 0 heterocycles. The molecule has 0 aromatic heterocycles. The predicted molar refractivity (Wildman–Crippen MR) is 82.9 cm³/mol. The van der Waals surface area contributed by atoms with Gasteiger partial charge in [-0.1, -0.05) is 50.6 Å². The second-order valence-electron chi connectivity index (χ2n) is 5.09. The summed E-state index contributed by atoms with van der Waals surface area (Å²) in [6.45, 7) is 4.94. The van der Waals surface area contributed by atoms with Crippen molar-refractivity contribution in [2.75, 3.05) is 6.61 Å². The van der Waals surface area contributed by atoms with E-state index in [9.17, 15) is 0 Å². The first-order valence-electron chi connectivity index (χ1n) is 7.33. The third-order valence-electron chi connectivity index (χ3n) is 3.22. The van der Waals surface area contributed by atoms with Gasteiger partial charge in [-0.2, -0.15) is 0 Å². The number of rotatable bonds is 9. The van der Waals surface area contributed by atoms with Crippen molar-refractivity contribution in [3.05, 3.63) is 28.8 Å². The van der Waals surface area contributed by atoms with Crippen LogP contribution in [0.5, 0.6) is 5.75 Å². The molecule has 0 radical (unpaired) electrons. The fraction of sp³-hybridized carbons (Fsp3) is 0.625. The molecule has 1 aromatic carbocycles. The Labute approximate surface area is 122 Å². The highest BCUT2D eigenvalue weighted by Crippen LogP contribution is 2.27. The van der Waals surface area contributed by atoms with Crippen LogP contribution in [0.4, 0.5) is 0 Å². The first-order valence-corrected chi connectivity index (χ1v) is 7.70. The molecule has 1 aromatic rings. The summed E-state index contributed by atoms with van der Waals surface area (Å²) in [4.78, 5) is 0. The van der Waals surface area contributed by atoms with Crippen LogP contribution in [0.25, 0.3) is 0 Å². The summed E-state index contributed by atoms with van der Waals surface area (Å²) in [7, 11) is 0. The number of hydrogen-bond acceptors (Lipinski definition) is 2. The molecule has 3 heteroatoms. The molecule has 108 valence electrons. The maximum Gasteiger partial charge on any atom is 0.124 e. The minimum atomic E-state index is -0.0572. The summed E-state index contributed by atoms with van der Waals surface area (Å²) in [5.41, 5.74) is 6.91. The van der Waals surface area contributed by atoms with E-state index in [4.69, 9.17) is 22.1 Å². The van der Waals surface area contributed by atoms with E-state index in [0.717, 1.165) is 24.3 Å². The van der Waals surface area contributed by atoms with Crippen molar-refractivity contribution < 1.29 is 4.74 Å². The lowest BCUT2D eigenvalue weighted by Gasteiger charge is -2.14. The number of ether oxygens (including phenoxy) is 1. The second kappa shape index (κ2) is 9.22. The highest BCUT2D eigenvalue weighted by molar-refractivity contribution is 6.30. The van der Waals surface area contributed by atoms with Gasteiger partial charge in [0.1, 0.15) is 5.75 Å². The van der Waals surface area contributed by atoms with Gasteiger partial charge in [0.25, 0.3) is 0 Å². The van der Waals surface area contributed by atoms with Gasteiger partial charge in [0.05, 0.1) is 6.61 Å². The van der Waals surface area contributed by atoms with Crippen LogP contribution in [0.2, 0.25) is 5.02 Å². The lowest BCUT2D eigenvalue weighted by atomic mass is 10.1. The Hall–Kier alpha value is -0.730.